The van der Waals surface area contributed by atoms with E-state index in [1.54, 1.807) is 48.5 Å². The molecular weight excluding hydrogens is 452 g/mol. The highest BCUT2D eigenvalue weighted by Gasteiger charge is 2.36. The van der Waals surface area contributed by atoms with E-state index in [2.05, 4.69) is 36.5 Å². The van der Waals surface area contributed by atoms with Gasteiger partial charge < -0.3 is 4.74 Å². The number of barbiturate groups is 1. The van der Waals surface area contributed by atoms with Crippen molar-refractivity contribution in [2.45, 2.75) is 20.5 Å². The summed E-state index contributed by atoms with van der Waals surface area (Å²) in [5, 5.41) is 4.57. The predicted octanol–water partition coefficient (Wildman–Crippen LogP) is 5.70. The van der Waals surface area contributed by atoms with Crippen molar-refractivity contribution in [3.63, 3.8) is 0 Å². The van der Waals surface area contributed by atoms with Crippen LogP contribution in [0.2, 0.25) is 0 Å². The van der Waals surface area contributed by atoms with E-state index in [0.717, 1.165) is 32.4 Å². The summed E-state index contributed by atoms with van der Waals surface area (Å²) in [5.41, 5.74) is 4.20. The average Bonchev–Trinajstić information content (AvgIpc) is 2.88. The quantitative estimate of drug-likeness (QED) is 0.296. The van der Waals surface area contributed by atoms with Crippen molar-refractivity contribution in [2.75, 3.05) is 4.90 Å². The minimum absolute atomic E-state index is 0.116. The number of ether oxygens (including phenoxy) is 1. The lowest BCUT2D eigenvalue weighted by Crippen LogP contribution is -2.54. The molecule has 0 aromatic heterocycles. The number of carbonyl (C=O) groups is 3. The molecule has 6 heteroatoms. The van der Waals surface area contributed by atoms with E-state index in [9.17, 15) is 14.4 Å². The van der Waals surface area contributed by atoms with Crippen LogP contribution in [-0.4, -0.2) is 17.8 Å². The first-order valence-electron chi connectivity index (χ1n) is 11.6. The fraction of sp³-hybridized carbons (Fsp3) is 0.100. The Bertz CT molecular complexity index is 1520. The molecule has 1 heterocycles. The van der Waals surface area contributed by atoms with Crippen molar-refractivity contribution in [1.29, 1.82) is 0 Å². The fourth-order valence-corrected chi connectivity index (χ4v) is 4.20. The molecule has 6 nitrogen and oxygen atoms in total. The molecule has 0 aliphatic carbocycles. The normalized spacial score (nSPS) is 14.9. The summed E-state index contributed by atoms with van der Waals surface area (Å²) < 4.78 is 6.05. The second-order valence-corrected chi connectivity index (χ2v) is 8.73. The zero-order valence-corrected chi connectivity index (χ0v) is 19.9. The van der Waals surface area contributed by atoms with Crippen molar-refractivity contribution in [3.05, 3.63) is 113 Å². The Hall–Kier alpha value is -4.71. The van der Waals surface area contributed by atoms with Gasteiger partial charge in [0.25, 0.3) is 11.8 Å². The molecule has 0 spiro atoms. The maximum absolute atomic E-state index is 13.1. The number of carbonyl (C=O) groups excluding carboxylic acids is 3. The van der Waals surface area contributed by atoms with Crippen LogP contribution in [0.5, 0.6) is 5.75 Å². The van der Waals surface area contributed by atoms with Crippen LogP contribution in [0.4, 0.5) is 10.5 Å². The Balaban J connectivity index is 1.35. The summed E-state index contributed by atoms with van der Waals surface area (Å²) in [6, 6.07) is 25.7. The Morgan fingerprint density at radius 1 is 0.833 bits per heavy atom. The van der Waals surface area contributed by atoms with E-state index in [-0.39, 0.29) is 5.57 Å². The van der Waals surface area contributed by atoms with Crippen LogP contribution in [-0.2, 0) is 16.2 Å². The Morgan fingerprint density at radius 3 is 2.31 bits per heavy atom. The van der Waals surface area contributed by atoms with Gasteiger partial charge in [-0.1, -0.05) is 66.2 Å². The number of rotatable bonds is 5. The number of fused-ring (bicyclic) bond motifs is 1. The number of benzene rings is 4. The summed E-state index contributed by atoms with van der Waals surface area (Å²) in [5.74, 6) is -0.722. The van der Waals surface area contributed by atoms with Gasteiger partial charge in [-0.3, -0.25) is 14.9 Å². The van der Waals surface area contributed by atoms with Crippen molar-refractivity contribution < 1.29 is 19.1 Å². The maximum Gasteiger partial charge on any atom is 0.335 e. The summed E-state index contributed by atoms with van der Waals surface area (Å²) in [6.07, 6.45) is 1.48. The molecule has 1 fully saturated rings. The van der Waals surface area contributed by atoms with Gasteiger partial charge in [-0.15, -0.1) is 0 Å². The van der Waals surface area contributed by atoms with E-state index in [0.29, 0.717) is 23.6 Å². The molecule has 178 valence electrons. The fourth-order valence-electron chi connectivity index (χ4n) is 4.20. The number of nitrogens with zero attached hydrogens (tertiary/aromatic N) is 1. The molecule has 0 unspecified atom stereocenters. The summed E-state index contributed by atoms with van der Waals surface area (Å²) >= 11 is 0. The van der Waals surface area contributed by atoms with E-state index < -0.39 is 17.8 Å². The SMILES string of the molecule is Cc1ccc(N2C(=O)NC(=O)/C(=C\c3ccc(OCc4c(C)ccc5ccccc45)cc3)C2=O)cc1. The van der Waals surface area contributed by atoms with Gasteiger partial charge in [0.05, 0.1) is 5.69 Å². The highest BCUT2D eigenvalue weighted by atomic mass is 16.5. The van der Waals surface area contributed by atoms with Crippen molar-refractivity contribution in [3.8, 4) is 5.75 Å². The van der Waals surface area contributed by atoms with Crippen LogP contribution in [0.1, 0.15) is 22.3 Å². The van der Waals surface area contributed by atoms with Crippen LogP contribution in [0.3, 0.4) is 0 Å². The minimum atomic E-state index is -0.765. The lowest BCUT2D eigenvalue weighted by molar-refractivity contribution is -0.122. The third kappa shape index (κ3) is 4.49. The summed E-state index contributed by atoms with van der Waals surface area (Å²) in [7, 11) is 0. The van der Waals surface area contributed by atoms with Gasteiger partial charge in [-0.2, -0.15) is 0 Å². The second-order valence-electron chi connectivity index (χ2n) is 8.73. The predicted molar refractivity (Wildman–Crippen MR) is 140 cm³/mol. The topological polar surface area (TPSA) is 75.7 Å². The lowest BCUT2D eigenvalue weighted by Gasteiger charge is -2.26. The number of nitrogens with one attached hydrogen (secondary N) is 1. The van der Waals surface area contributed by atoms with Gasteiger partial charge in [-0.05, 0) is 66.1 Å². The van der Waals surface area contributed by atoms with Gasteiger partial charge >= 0.3 is 6.03 Å². The number of imide groups is 2. The van der Waals surface area contributed by atoms with E-state index in [4.69, 9.17) is 4.74 Å². The smallest absolute Gasteiger partial charge is 0.335 e. The Kier molecular flexibility index (Phi) is 6.09. The van der Waals surface area contributed by atoms with Gasteiger partial charge in [0, 0.05) is 5.56 Å². The molecule has 5 rings (SSSR count). The van der Waals surface area contributed by atoms with Crippen LogP contribution < -0.4 is 15.0 Å². The number of hydrogen-bond donors (Lipinski definition) is 1. The maximum atomic E-state index is 13.1. The number of hydrogen-bond acceptors (Lipinski definition) is 4. The van der Waals surface area contributed by atoms with E-state index in [1.807, 2.05) is 19.1 Å². The molecule has 4 amide bonds. The first kappa shape index (κ1) is 23.1. The van der Waals surface area contributed by atoms with Gasteiger partial charge in [0.2, 0.25) is 0 Å². The van der Waals surface area contributed by atoms with E-state index in [1.165, 1.54) is 6.08 Å². The third-order valence-corrected chi connectivity index (χ3v) is 6.24. The molecule has 1 N–H and O–H groups in total. The van der Waals surface area contributed by atoms with Crippen LogP contribution in [0, 0.1) is 13.8 Å². The standard InChI is InChI=1S/C30H24N2O4/c1-19-7-13-23(14-8-19)32-29(34)26(28(33)31-30(32)35)17-21-10-15-24(16-11-21)36-18-27-20(2)9-12-22-5-3-4-6-25(22)27/h3-17H,18H2,1-2H3,(H,31,33,35)/b26-17+. The molecule has 1 aliphatic heterocycles. The number of urea groups is 1. The molecular formula is C30H24N2O4. The monoisotopic (exact) mass is 476 g/mol. The number of anilines is 1. The molecule has 4 aromatic carbocycles. The summed E-state index contributed by atoms with van der Waals surface area (Å²) in [4.78, 5) is 38.8. The molecule has 0 bridgehead atoms. The van der Waals surface area contributed by atoms with Crippen LogP contribution >= 0.6 is 0 Å². The molecule has 36 heavy (non-hydrogen) atoms. The highest BCUT2D eigenvalue weighted by molar-refractivity contribution is 6.39. The zero-order chi connectivity index (χ0) is 25.2. The first-order valence-corrected chi connectivity index (χ1v) is 11.6. The van der Waals surface area contributed by atoms with Crippen molar-refractivity contribution in [2.24, 2.45) is 0 Å². The molecule has 1 saturated heterocycles. The minimum Gasteiger partial charge on any atom is -0.489 e. The highest BCUT2D eigenvalue weighted by Crippen LogP contribution is 2.25. The van der Waals surface area contributed by atoms with Crippen molar-refractivity contribution >= 4 is 40.4 Å². The van der Waals surface area contributed by atoms with Crippen molar-refractivity contribution in [1.82, 2.24) is 5.32 Å². The van der Waals surface area contributed by atoms with Gasteiger partial charge in [0.15, 0.2) is 0 Å². The molecule has 0 atom stereocenters. The number of aryl methyl sites for hydroxylation is 2. The van der Waals surface area contributed by atoms with Gasteiger partial charge in [0.1, 0.15) is 17.9 Å². The first-order chi connectivity index (χ1) is 17.4. The third-order valence-electron chi connectivity index (χ3n) is 6.24. The second kappa shape index (κ2) is 9.50. The lowest BCUT2D eigenvalue weighted by atomic mass is 10.0. The number of amides is 4. The Labute approximate surface area is 208 Å². The van der Waals surface area contributed by atoms with E-state index >= 15 is 0 Å². The summed E-state index contributed by atoms with van der Waals surface area (Å²) in [6.45, 7) is 4.40. The van der Waals surface area contributed by atoms with Crippen LogP contribution in [0.25, 0.3) is 16.8 Å². The largest absolute Gasteiger partial charge is 0.489 e. The molecule has 0 radical (unpaired) electrons. The average molecular weight is 477 g/mol. The molecule has 0 saturated carbocycles. The van der Waals surface area contributed by atoms with Gasteiger partial charge in [-0.25, -0.2) is 9.69 Å². The Morgan fingerprint density at radius 2 is 1.56 bits per heavy atom. The molecule has 4 aromatic rings. The zero-order valence-electron chi connectivity index (χ0n) is 19.9. The van der Waals surface area contributed by atoms with Crippen LogP contribution in [0.15, 0.2) is 90.5 Å². The molecule has 1 aliphatic rings.